The SMILES string of the molecule is CC(C)CNC(=O)c1ccc2nc(-c3ccoc3)c(-c3ccoc3)nc2c1. The Bertz CT molecular complexity index is 1070. The van der Waals surface area contributed by atoms with Crippen LogP contribution in [0.3, 0.4) is 0 Å². The van der Waals surface area contributed by atoms with Crippen molar-refractivity contribution in [2.24, 2.45) is 5.92 Å². The Hall–Kier alpha value is -3.41. The van der Waals surface area contributed by atoms with E-state index < -0.39 is 0 Å². The summed E-state index contributed by atoms with van der Waals surface area (Å²) in [6, 6.07) is 9.02. The molecule has 0 bridgehead atoms. The molecule has 3 heterocycles. The van der Waals surface area contributed by atoms with Gasteiger partial charge in [-0.1, -0.05) is 13.8 Å². The first-order chi connectivity index (χ1) is 13.1. The van der Waals surface area contributed by atoms with Gasteiger partial charge in [-0.2, -0.15) is 0 Å². The van der Waals surface area contributed by atoms with Gasteiger partial charge in [0.15, 0.2) is 0 Å². The lowest BCUT2D eigenvalue weighted by atomic mass is 10.1. The van der Waals surface area contributed by atoms with Crippen LogP contribution in [-0.4, -0.2) is 22.4 Å². The number of furan rings is 2. The zero-order chi connectivity index (χ0) is 18.8. The average molecular weight is 361 g/mol. The number of aromatic nitrogens is 2. The second kappa shape index (κ2) is 7.07. The second-order valence-corrected chi connectivity index (χ2v) is 6.75. The molecule has 0 aliphatic carbocycles. The molecule has 0 aliphatic rings. The lowest BCUT2D eigenvalue weighted by molar-refractivity contribution is 0.0949. The van der Waals surface area contributed by atoms with Gasteiger partial charge >= 0.3 is 0 Å². The van der Waals surface area contributed by atoms with E-state index in [1.54, 1.807) is 37.2 Å². The maximum atomic E-state index is 12.4. The van der Waals surface area contributed by atoms with Gasteiger partial charge in [-0.05, 0) is 36.2 Å². The normalized spacial score (nSPS) is 11.2. The summed E-state index contributed by atoms with van der Waals surface area (Å²) in [7, 11) is 0. The standard InChI is InChI=1S/C21H19N3O3/c1-13(2)10-22-21(25)14-3-4-17-18(9-14)24-20(16-6-8-27-12-16)19(23-17)15-5-7-26-11-15/h3-9,11-13H,10H2,1-2H3,(H,22,25). The van der Waals surface area contributed by atoms with E-state index in [0.717, 1.165) is 11.1 Å². The Labute approximate surface area is 156 Å². The number of rotatable bonds is 5. The first-order valence-corrected chi connectivity index (χ1v) is 8.77. The fraction of sp³-hybridized carbons (Fsp3) is 0.190. The summed E-state index contributed by atoms with van der Waals surface area (Å²) >= 11 is 0. The topological polar surface area (TPSA) is 81.2 Å². The molecule has 0 aliphatic heterocycles. The lowest BCUT2D eigenvalue weighted by Gasteiger charge is -2.10. The Morgan fingerprint density at radius 1 is 0.963 bits per heavy atom. The first kappa shape index (κ1) is 17.0. The van der Waals surface area contributed by atoms with Crippen molar-refractivity contribution in [1.29, 1.82) is 0 Å². The van der Waals surface area contributed by atoms with Gasteiger partial charge in [0.2, 0.25) is 0 Å². The van der Waals surface area contributed by atoms with Gasteiger partial charge in [0.05, 0.1) is 36.1 Å². The summed E-state index contributed by atoms with van der Waals surface area (Å²) in [6.45, 7) is 4.74. The second-order valence-electron chi connectivity index (χ2n) is 6.75. The van der Waals surface area contributed by atoms with Crippen molar-refractivity contribution in [3.63, 3.8) is 0 Å². The maximum absolute atomic E-state index is 12.4. The molecular formula is C21H19N3O3. The third-order valence-electron chi connectivity index (χ3n) is 4.19. The van der Waals surface area contributed by atoms with E-state index in [0.29, 0.717) is 40.4 Å². The number of amides is 1. The number of carbonyl (C=O) groups is 1. The highest BCUT2D eigenvalue weighted by Gasteiger charge is 2.16. The molecule has 0 saturated heterocycles. The van der Waals surface area contributed by atoms with E-state index in [-0.39, 0.29) is 5.91 Å². The van der Waals surface area contributed by atoms with Gasteiger partial charge in [-0.3, -0.25) is 4.79 Å². The zero-order valence-electron chi connectivity index (χ0n) is 15.1. The number of fused-ring (bicyclic) bond motifs is 1. The number of hydrogen-bond acceptors (Lipinski definition) is 5. The molecule has 6 heteroatoms. The summed E-state index contributed by atoms with van der Waals surface area (Å²) in [5.41, 5.74) is 4.95. The monoisotopic (exact) mass is 361 g/mol. The van der Waals surface area contributed by atoms with Crippen LogP contribution in [0, 0.1) is 5.92 Å². The number of benzene rings is 1. The van der Waals surface area contributed by atoms with Crippen LogP contribution in [0.4, 0.5) is 0 Å². The minimum absolute atomic E-state index is 0.115. The number of nitrogens with zero attached hydrogens (tertiary/aromatic N) is 2. The van der Waals surface area contributed by atoms with Crippen molar-refractivity contribution in [2.45, 2.75) is 13.8 Å². The zero-order valence-corrected chi connectivity index (χ0v) is 15.1. The molecular weight excluding hydrogens is 342 g/mol. The van der Waals surface area contributed by atoms with Crippen LogP contribution in [0.2, 0.25) is 0 Å². The van der Waals surface area contributed by atoms with Crippen molar-refractivity contribution in [3.8, 4) is 22.5 Å². The van der Waals surface area contributed by atoms with Crippen molar-refractivity contribution >= 4 is 16.9 Å². The fourth-order valence-corrected chi connectivity index (χ4v) is 2.80. The van der Waals surface area contributed by atoms with E-state index in [4.69, 9.17) is 18.8 Å². The van der Waals surface area contributed by atoms with E-state index in [9.17, 15) is 4.79 Å². The van der Waals surface area contributed by atoms with Gasteiger partial charge in [0.25, 0.3) is 5.91 Å². The predicted octanol–water partition coefficient (Wildman–Crippen LogP) is 4.54. The molecule has 0 unspecified atom stereocenters. The fourth-order valence-electron chi connectivity index (χ4n) is 2.80. The molecule has 0 saturated carbocycles. The summed E-state index contributed by atoms with van der Waals surface area (Å²) in [5, 5.41) is 2.92. The molecule has 4 rings (SSSR count). The molecule has 1 aromatic carbocycles. The van der Waals surface area contributed by atoms with Crippen LogP contribution in [-0.2, 0) is 0 Å². The Morgan fingerprint density at radius 3 is 2.15 bits per heavy atom. The Kier molecular flexibility index (Phi) is 4.46. The minimum atomic E-state index is -0.115. The third kappa shape index (κ3) is 3.46. The highest BCUT2D eigenvalue weighted by Crippen LogP contribution is 2.31. The largest absolute Gasteiger partial charge is 0.472 e. The molecule has 0 atom stereocenters. The number of nitrogens with one attached hydrogen (secondary N) is 1. The van der Waals surface area contributed by atoms with E-state index in [1.807, 2.05) is 18.2 Å². The Balaban J connectivity index is 1.81. The van der Waals surface area contributed by atoms with Crippen molar-refractivity contribution in [3.05, 3.63) is 60.9 Å². The van der Waals surface area contributed by atoms with Gasteiger partial charge in [-0.15, -0.1) is 0 Å². The van der Waals surface area contributed by atoms with Crippen LogP contribution in [0.1, 0.15) is 24.2 Å². The van der Waals surface area contributed by atoms with Gasteiger partial charge in [0.1, 0.15) is 11.4 Å². The van der Waals surface area contributed by atoms with Gasteiger partial charge < -0.3 is 14.2 Å². The van der Waals surface area contributed by atoms with E-state index in [2.05, 4.69) is 19.2 Å². The highest BCUT2D eigenvalue weighted by atomic mass is 16.3. The van der Waals surface area contributed by atoms with Crippen LogP contribution >= 0.6 is 0 Å². The van der Waals surface area contributed by atoms with Crippen molar-refractivity contribution < 1.29 is 13.6 Å². The van der Waals surface area contributed by atoms with E-state index in [1.165, 1.54) is 0 Å². The molecule has 27 heavy (non-hydrogen) atoms. The predicted molar refractivity (Wildman–Crippen MR) is 102 cm³/mol. The van der Waals surface area contributed by atoms with Crippen LogP contribution in [0.15, 0.2) is 64.2 Å². The van der Waals surface area contributed by atoms with Crippen molar-refractivity contribution in [2.75, 3.05) is 6.54 Å². The molecule has 0 spiro atoms. The van der Waals surface area contributed by atoms with E-state index >= 15 is 0 Å². The molecule has 6 nitrogen and oxygen atoms in total. The van der Waals surface area contributed by atoms with Crippen LogP contribution < -0.4 is 5.32 Å². The lowest BCUT2D eigenvalue weighted by Crippen LogP contribution is -2.27. The number of carbonyl (C=O) groups excluding carboxylic acids is 1. The average Bonchev–Trinajstić information content (AvgIpc) is 3.38. The molecule has 136 valence electrons. The number of hydrogen-bond donors (Lipinski definition) is 1. The van der Waals surface area contributed by atoms with Crippen LogP contribution in [0.25, 0.3) is 33.5 Å². The highest BCUT2D eigenvalue weighted by molar-refractivity contribution is 5.98. The molecule has 3 aromatic heterocycles. The smallest absolute Gasteiger partial charge is 0.251 e. The minimum Gasteiger partial charge on any atom is -0.472 e. The summed E-state index contributed by atoms with van der Waals surface area (Å²) in [5.74, 6) is 0.274. The quantitative estimate of drug-likeness (QED) is 0.564. The molecule has 1 N–H and O–H groups in total. The van der Waals surface area contributed by atoms with Crippen LogP contribution in [0.5, 0.6) is 0 Å². The van der Waals surface area contributed by atoms with Gasteiger partial charge in [0, 0.05) is 23.2 Å². The summed E-state index contributed by atoms with van der Waals surface area (Å²) in [4.78, 5) is 21.9. The third-order valence-corrected chi connectivity index (χ3v) is 4.19. The maximum Gasteiger partial charge on any atom is 0.251 e. The molecule has 0 radical (unpaired) electrons. The van der Waals surface area contributed by atoms with Crippen molar-refractivity contribution in [1.82, 2.24) is 15.3 Å². The van der Waals surface area contributed by atoms with Gasteiger partial charge in [-0.25, -0.2) is 9.97 Å². The summed E-state index contributed by atoms with van der Waals surface area (Å²) in [6.07, 6.45) is 6.45. The summed E-state index contributed by atoms with van der Waals surface area (Å²) < 4.78 is 10.4. The first-order valence-electron chi connectivity index (χ1n) is 8.77. The molecule has 4 aromatic rings. The molecule has 0 fully saturated rings. The molecule has 1 amide bonds. The Morgan fingerprint density at radius 2 is 1.59 bits per heavy atom.